The molecule has 2 aromatic carbocycles. The Morgan fingerprint density at radius 3 is 2.70 bits per heavy atom. The highest BCUT2D eigenvalue weighted by Crippen LogP contribution is 2.22. The van der Waals surface area contributed by atoms with Gasteiger partial charge in [-0.05, 0) is 49.2 Å². The van der Waals surface area contributed by atoms with Crippen molar-refractivity contribution in [1.82, 2.24) is 14.5 Å². The number of hydrogen-bond acceptors (Lipinski definition) is 4. The monoisotopic (exact) mass is 384 g/mol. The van der Waals surface area contributed by atoms with Crippen LogP contribution in [-0.2, 0) is 10.0 Å². The van der Waals surface area contributed by atoms with Crippen molar-refractivity contribution >= 4 is 32.5 Å². The molecule has 1 aromatic heterocycles. The number of H-pyrrole nitrogens is 1. The highest BCUT2D eigenvalue weighted by Gasteiger charge is 2.26. The number of piperidine rings is 1. The van der Waals surface area contributed by atoms with Gasteiger partial charge < -0.3 is 5.32 Å². The van der Waals surface area contributed by atoms with Gasteiger partial charge in [-0.25, -0.2) is 8.42 Å². The first kappa shape index (κ1) is 17.7. The number of hydrogen-bond donors (Lipinski definition) is 2. The summed E-state index contributed by atoms with van der Waals surface area (Å²) in [5.74, 6) is -0.353. The number of anilines is 1. The fourth-order valence-electron chi connectivity index (χ4n) is 3.28. The molecule has 27 heavy (non-hydrogen) atoms. The van der Waals surface area contributed by atoms with E-state index in [-0.39, 0.29) is 10.8 Å². The van der Waals surface area contributed by atoms with Gasteiger partial charge in [-0.1, -0.05) is 12.5 Å². The minimum atomic E-state index is -3.57. The Labute approximate surface area is 157 Å². The van der Waals surface area contributed by atoms with E-state index in [0.717, 1.165) is 30.2 Å². The molecule has 0 radical (unpaired) electrons. The van der Waals surface area contributed by atoms with Crippen LogP contribution in [0.1, 0.15) is 29.6 Å². The first-order valence-corrected chi connectivity index (χ1v) is 10.3. The van der Waals surface area contributed by atoms with Gasteiger partial charge in [0.05, 0.1) is 16.6 Å². The van der Waals surface area contributed by atoms with Crippen LogP contribution in [0.5, 0.6) is 0 Å². The van der Waals surface area contributed by atoms with Crippen LogP contribution in [0, 0.1) is 0 Å². The maximum atomic E-state index is 12.8. The summed E-state index contributed by atoms with van der Waals surface area (Å²) in [6, 6.07) is 11.6. The van der Waals surface area contributed by atoms with Gasteiger partial charge in [0.2, 0.25) is 10.0 Å². The molecular weight excluding hydrogens is 364 g/mol. The Kier molecular flexibility index (Phi) is 4.67. The van der Waals surface area contributed by atoms with E-state index in [1.54, 1.807) is 24.4 Å². The van der Waals surface area contributed by atoms with Crippen molar-refractivity contribution < 1.29 is 13.2 Å². The third-order valence-electron chi connectivity index (χ3n) is 4.75. The fourth-order valence-corrected chi connectivity index (χ4v) is 4.84. The van der Waals surface area contributed by atoms with Gasteiger partial charge in [-0.2, -0.15) is 9.40 Å². The van der Waals surface area contributed by atoms with Crippen LogP contribution in [0.15, 0.2) is 53.6 Å². The van der Waals surface area contributed by atoms with E-state index in [0.29, 0.717) is 24.3 Å². The minimum Gasteiger partial charge on any atom is -0.322 e. The number of sulfonamides is 1. The highest BCUT2D eigenvalue weighted by molar-refractivity contribution is 7.89. The summed E-state index contributed by atoms with van der Waals surface area (Å²) in [5.41, 5.74) is 1.81. The maximum Gasteiger partial charge on any atom is 0.255 e. The molecule has 2 N–H and O–H groups in total. The van der Waals surface area contributed by atoms with Crippen LogP contribution < -0.4 is 5.32 Å². The number of aromatic amines is 1. The van der Waals surface area contributed by atoms with Crippen molar-refractivity contribution in [2.45, 2.75) is 24.2 Å². The third-order valence-corrected chi connectivity index (χ3v) is 6.64. The van der Waals surface area contributed by atoms with Crippen LogP contribution in [-0.4, -0.2) is 41.9 Å². The number of nitrogens with zero attached hydrogens (tertiary/aromatic N) is 2. The number of carbonyl (C=O) groups excluding carboxylic acids is 1. The molecule has 1 aliphatic rings. The second-order valence-electron chi connectivity index (χ2n) is 6.62. The van der Waals surface area contributed by atoms with Gasteiger partial charge >= 0.3 is 0 Å². The van der Waals surface area contributed by atoms with Crippen LogP contribution in [0.2, 0.25) is 0 Å². The van der Waals surface area contributed by atoms with Gasteiger partial charge in [-0.3, -0.25) is 9.89 Å². The lowest BCUT2D eigenvalue weighted by atomic mass is 10.2. The minimum absolute atomic E-state index is 0.155. The molecule has 0 atom stereocenters. The van der Waals surface area contributed by atoms with Gasteiger partial charge in [-0.15, -0.1) is 0 Å². The lowest BCUT2D eigenvalue weighted by Crippen LogP contribution is -2.35. The molecule has 8 heteroatoms. The largest absolute Gasteiger partial charge is 0.322 e. The highest BCUT2D eigenvalue weighted by atomic mass is 32.2. The molecular formula is C19H20N4O3S. The maximum absolute atomic E-state index is 12.8. The molecule has 140 valence electrons. The van der Waals surface area contributed by atoms with Crippen molar-refractivity contribution in [2.24, 2.45) is 0 Å². The summed E-state index contributed by atoms with van der Waals surface area (Å²) in [6.45, 7) is 1.06. The molecule has 4 rings (SSSR count). The van der Waals surface area contributed by atoms with Crippen LogP contribution in [0.4, 0.5) is 5.69 Å². The van der Waals surface area contributed by atoms with Crippen molar-refractivity contribution in [2.75, 3.05) is 18.4 Å². The van der Waals surface area contributed by atoms with Crippen LogP contribution in [0.25, 0.3) is 10.9 Å². The number of benzene rings is 2. The van der Waals surface area contributed by atoms with E-state index in [9.17, 15) is 13.2 Å². The Morgan fingerprint density at radius 2 is 1.89 bits per heavy atom. The number of aromatic nitrogens is 2. The zero-order chi connectivity index (χ0) is 18.9. The third kappa shape index (κ3) is 3.58. The molecule has 7 nitrogen and oxygen atoms in total. The molecule has 2 heterocycles. The van der Waals surface area contributed by atoms with E-state index >= 15 is 0 Å². The topological polar surface area (TPSA) is 95.2 Å². The molecule has 3 aromatic rings. The lowest BCUT2D eigenvalue weighted by Gasteiger charge is -2.26. The molecule has 1 saturated heterocycles. The summed E-state index contributed by atoms with van der Waals surface area (Å²) in [7, 11) is -3.57. The average molecular weight is 384 g/mol. The molecule has 0 aliphatic carbocycles. The molecule has 1 aliphatic heterocycles. The Hall–Kier alpha value is -2.71. The smallest absolute Gasteiger partial charge is 0.255 e. The number of nitrogens with one attached hydrogen (secondary N) is 2. The predicted molar refractivity (Wildman–Crippen MR) is 103 cm³/mol. The normalized spacial score (nSPS) is 15.7. The Balaban J connectivity index is 1.56. The summed E-state index contributed by atoms with van der Waals surface area (Å²) < 4.78 is 27.1. The fraction of sp³-hybridized carbons (Fsp3) is 0.263. The van der Waals surface area contributed by atoms with E-state index in [4.69, 9.17) is 0 Å². The van der Waals surface area contributed by atoms with Crippen molar-refractivity contribution in [1.29, 1.82) is 0 Å². The van der Waals surface area contributed by atoms with E-state index in [1.165, 1.54) is 16.4 Å². The molecule has 1 amide bonds. The van der Waals surface area contributed by atoms with Crippen molar-refractivity contribution in [3.63, 3.8) is 0 Å². The van der Waals surface area contributed by atoms with Crippen molar-refractivity contribution in [3.8, 4) is 0 Å². The zero-order valence-corrected chi connectivity index (χ0v) is 15.5. The zero-order valence-electron chi connectivity index (χ0n) is 14.7. The molecule has 0 spiro atoms. The predicted octanol–water partition coefficient (Wildman–Crippen LogP) is 2.99. The number of carbonyl (C=O) groups is 1. The average Bonchev–Trinajstić information content (AvgIpc) is 3.16. The summed E-state index contributed by atoms with van der Waals surface area (Å²) >= 11 is 0. The van der Waals surface area contributed by atoms with Gasteiger partial charge in [0.1, 0.15) is 0 Å². The molecule has 0 saturated carbocycles. The summed E-state index contributed by atoms with van der Waals surface area (Å²) in [4.78, 5) is 12.8. The quantitative estimate of drug-likeness (QED) is 0.723. The SMILES string of the molecule is O=C(Nc1ccc2[nH]ncc2c1)c1cccc(S(=O)(=O)N2CCCCC2)c1. The van der Waals surface area contributed by atoms with Gasteiger partial charge in [0, 0.05) is 29.7 Å². The van der Waals surface area contributed by atoms with Gasteiger partial charge in [0.15, 0.2) is 0 Å². The van der Waals surface area contributed by atoms with Crippen molar-refractivity contribution in [3.05, 3.63) is 54.2 Å². The Morgan fingerprint density at radius 1 is 1.07 bits per heavy atom. The number of amides is 1. The second kappa shape index (κ2) is 7.13. The lowest BCUT2D eigenvalue weighted by molar-refractivity contribution is 0.102. The second-order valence-corrected chi connectivity index (χ2v) is 8.56. The van der Waals surface area contributed by atoms with Crippen LogP contribution in [0.3, 0.4) is 0 Å². The standard InChI is InChI=1S/C19H20N4O3S/c24-19(21-16-7-8-18-15(11-16)13-20-22-18)14-5-4-6-17(12-14)27(25,26)23-9-2-1-3-10-23/h4-8,11-13H,1-3,9-10H2,(H,20,22)(H,21,24). The van der Waals surface area contributed by atoms with E-state index in [2.05, 4.69) is 15.5 Å². The van der Waals surface area contributed by atoms with E-state index in [1.807, 2.05) is 12.1 Å². The summed E-state index contributed by atoms with van der Waals surface area (Å²) in [6.07, 6.45) is 4.47. The molecule has 1 fully saturated rings. The Bertz CT molecular complexity index is 1090. The molecule has 0 bridgehead atoms. The first-order valence-electron chi connectivity index (χ1n) is 8.89. The van der Waals surface area contributed by atoms with E-state index < -0.39 is 10.0 Å². The number of fused-ring (bicyclic) bond motifs is 1. The first-order chi connectivity index (χ1) is 13.0. The van der Waals surface area contributed by atoms with Crippen LogP contribution >= 0.6 is 0 Å². The molecule has 0 unspecified atom stereocenters. The summed E-state index contributed by atoms with van der Waals surface area (Å²) in [5, 5.41) is 10.5. The van der Waals surface area contributed by atoms with Gasteiger partial charge in [0.25, 0.3) is 5.91 Å². The number of rotatable bonds is 4.